The van der Waals surface area contributed by atoms with Gasteiger partial charge in [0.25, 0.3) is 0 Å². The van der Waals surface area contributed by atoms with Gasteiger partial charge in [0.1, 0.15) is 0 Å². The molecule has 1 aromatic rings. The molecule has 41 heavy (non-hydrogen) atoms. The summed E-state index contributed by atoms with van der Waals surface area (Å²) < 4.78 is 36.2. The lowest BCUT2D eigenvalue weighted by Crippen LogP contribution is -2.57. The molecular formula is C34H50O7. The zero-order chi connectivity index (χ0) is 29.1. The molecule has 0 aromatic heterocycles. The Morgan fingerprint density at radius 2 is 1.63 bits per heavy atom. The first kappa shape index (κ1) is 29.7. The van der Waals surface area contributed by atoms with Crippen LogP contribution in [0.2, 0.25) is 0 Å². The summed E-state index contributed by atoms with van der Waals surface area (Å²) in [5.41, 5.74) is 3.76. The SMILES string of the molecule is CCOC[C@]1(OC)CC[C@H]2[C@@H]3CC[C@@]4(O)CC(OC)(OC)CCC4=C3[C@@H](c3ccc(C4(C)OCCO4)cc3)C[C@@]21C. The molecule has 0 radical (unpaired) electrons. The van der Waals surface area contributed by atoms with Crippen LogP contribution in [0.1, 0.15) is 89.2 Å². The molecule has 4 aliphatic carbocycles. The minimum absolute atomic E-state index is 0.0500. The normalized spacial score (nSPS) is 39.3. The van der Waals surface area contributed by atoms with Gasteiger partial charge in [-0.25, -0.2) is 0 Å². The smallest absolute Gasteiger partial charge is 0.192 e. The quantitative estimate of drug-likeness (QED) is 0.311. The third-order valence-electron chi connectivity index (χ3n) is 12.1. The molecule has 6 rings (SSSR count). The van der Waals surface area contributed by atoms with Crippen molar-refractivity contribution in [2.24, 2.45) is 17.3 Å². The lowest BCUT2D eigenvalue weighted by atomic mass is 9.49. The molecule has 4 fully saturated rings. The minimum atomic E-state index is -0.913. The molecule has 0 amide bonds. The first-order valence-corrected chi connectivity index (χ1v) is 15.7. The maximum atomic E-state index is 12.3. The number of ether oxygens (including phenoxy) is 6. The topological polar surface area (TPSA) is 75.6 Å². The Morgan fingerprint density at radius 3 is 2.27 bits per heavy atom. The van der Waals surface area contributed by atoms with Crippen molar-refractivity contribution < 1.29 is 33.5 Å². The van der Waals surface area contributed by atoms with E-state index in [0.717, 1.165) is 50.5 Å². The Balaban J connectivity index is 1.45. The Kier molecular flexibility index (Phi) is 7.75. The molecule has 0 bridgehead atoms. The highest BCUT2D eigenvalue weighted by Gasteiger charge is 2.65. The summed E-state index contributed by atoms with van der Waals surface area (Å²) in [6.45, 7) is 9.06. The van der Waals surface area contributed by atoms with Crippen molar-refractivity contribution >= 4 is 0 Å². The molecule has 7 nitrogen and oxygen atoms in total. The zero-order valence-electron chi connectivity index (χ0n) is 25.9. The second kappa shape index (κ2) is 10.7. The number of allylic oxidation sites excluding steroid dienone is 1. The fourth-order valence-electron chi connectivity index (χ4n) is 9.68. The molecule has 228 valence electrons. The van der Waals surface area contributed by atoms with Crippen LogP contribution in [0, 0.1) is 17.3 Å². The van der Waals surface area contributed by atoms with Crippen LogP contribution in [-0.2, 0) is 34.2 Å². The van der Waals surface area contributed by atoms with Gasteiger partial charge in [-0.1, -0.05) is 36.8 Å². The first-order chi connectivity index (χ1) is 19.6. The maximum Gasteiger partial charge on any atom is 0.192 e. The minimum Gasteiger partial charge on any atom is -0.385 e. The fourth-order valence-corrected chi connectivity index (χ4v) is 9.68. The van der Waals surface area contributed by atoms with E-state index in [1.54, 1.807) is 14.2 Å². The lowest BCUT2D eigenvalue weighted by molar-refractivity contribution is -0.246. The Bertz CT molecular complexity index is 1140. The van der Waals surface area contributed by atoms with Gasteiger partial charge in [0, 0.05) is 57.7 Å². The molecule has 1 saturated heterocycles. The Hall–Kier alpha value is -1.32. The van der Waals surface area contributed by atoms with Crippen LogP contribution in [0.3, 0.4) is 0 Å². The van der Waals surface area contributed by atoms with Gasteiger partial charge >= 0.3 is 0 Å². The van der Waals surface area contributed by atoms with Gasteiger partial charge < -0.3 is 33.5 Å². The summed E-state index contributed by atoms with van der Waals surface area (Å²) in [6, 6.07) is 8.87. The molecule has 7 heteroatoms. The number of methoxy groups -OCH3 is 3. The van der Waals surface area contributed by atoms with Crippen LogP contribution in [0.25, 0.3) is 0 Å². The van der Waals surface area contributed by atoms with Crippen molar-refractivity contribution in [2.45, 2.75) is 101 Å². The monoisotopic (exact) mass is 570 g/mol. The van der Waals surface area contributed by atoms with E-state index < -0.39 is 17.2 Å². The molecule has 1 aromatic carbocycles. The van der Waals surface area contributed by atoms with Gasteiger partial charge in [0.15, 0.2) is 11.6 Å². The number of benzene rings is 1. The van der Waals surface area contributed by atoms with Gasteiger partial charge in [-0.2, -0.15) is 0 Å². The van der Waals surface area contributed by atoms with Crippen molar-refractivity contribution in [2.75, 3.05) is 47.8 Å². The number of aliphatic hydroxyl groups is 1. The van der Waals surface area contributed by atoms with Gasteiger partial charge in [0.05, 0.1) is 31.0 Å². The predicted molar refractivity (Wildman–Crippen MR) is 155 cm³/mol. The number of fused-ring (bicyclic) bond motifs is 4. The molecule has 0 unspecified atom stereocenters. The van der Waals surface area contributed by atoms with Crippen molar-refractivity contribution in [1.82, 2.24) is 0 Å². The molecule has 1 heterocycles. The van der Waals surface area contributed by atoms with Crippen LogP contribution < -0.4 is 0 Å². The third-order valence-corrected chi connectivity index (χ3v) is 12.1. The number of hydrogen-bond acceptors (Lipinski definition) is 7. The maximum absolute atomic E-state index is 12.3. The average Bonchev–Trinajstić information content (AvgIpc) is 3.56. The highest BCUT2D eigenvalue weighted by Crippen LogP contribution is 2.68. The summed E-state index contributed by atoms with van der Waals surface area (Å²) in [5, 5.41) is 12.3. The summed E-state index contributed by atoms with van der Waals surface area (Å²) in [5.74, 6) is -0.357. The van der Waals surface area contributed by atoms with Crippen LogP contribution in [0.4, 0.5) is 0 Å². The molecular weight excluding hydrogens is 520 g/mol. The van der Waals surface area contributed by atoms with E-state index >= 15 is 0 Å². The molecule has 3 saturated carbocycles. The predicted octanol–water partition coefficient (Wildman–Crippen LogP) is 5.84. The van der Waals surface area contributed by atoms with Crippen LogP contribution in [-0.4, -0.2) is 69.9 Å². The van der Waals surface area contributed by atoms with Gasteiger partial charge in [-0.15, -0.1) is 0 Å². The van der Waals surface area contributed by atoms with Crippen molar-refractivity contribution in [1.29, 1.82) is 0 Å². The number of hydrogen-bond donors (Lipinski definition) is 1. The molecule has 6 atom stereocenters. The van der Waals surface area contributed by atoms with E-state index in [1.165, 1.54) is 16.7 Å². The van der Waals surface area contributed by atoms with E-state index in [4.69, 9.17) is 28.4 Å². The van der Waals surface area contributed by atoms with E-state index in [2.05, 4.69) is 38.1 Å². The highest BCUT2D eigenvalue weighted by molar-refractivity contribution is 5.44. The summed E-state index contributed by atoms with van der Waals surface area (Å²) >= 11 is 0. The molecule has 1 N–H and O–H groups in total. The second-order valence-corrected chi connectivity index (χ2v) is 13.5. The molecule has 0 spiro atoms. The lowest BCUT2D eigenvalue weighted by Gasteiger charge is -2.58. The Morgan fingerprint density at radius 1 is 0.927 bits per heavy atom. The van der Waals surface area contributed by atoms with E-state index in [1.807, 2.05) is 14.0 Å². The Labute approximate surface area is 245 Å². The average molecular weight is 571 g/mol. The highest BCUT2D eigenvalue weighted by atomic mass is 16.7. The van der Waals surface area contributed by atoms with E-state index in [9.17, 15) is 5.11 Å². The van der Waals surface area contributed by atoms with Gasteiger partial charge in [0.2, 0.25) is 0 Å². The van der Waals surface area contributed by atoms with Gasteiger partial charge in [-0.3, -0.25) is 0 Å². The number of rotatable bonds is 8. The summed E-state index contributed by atoms with van der Waals surface area (Å²) in [4.78, 5) is 0. The zero-order valence-corrected chi connectivity index (χ0v) is 25.9. The van der Waals surface area contributed by atoms with Crippen molar-refractivity contribution in [3.05, 3.63) is 46.5 Å². The summed E-state index contributed by atoms with van der Waals surface area (Å²) in [7, 11) is 5.28. The second-order valence-electron chi connectivity index (χ2n) is 13.5. The standard InChI is InChI=1S/C34H50O7/c1-7-39-22-33(36-4)16-13-27-25-12-15-32(35)21-34(37-5,38-6)17-14-28(32)29(25)26(20-30(27,33)2)23-8-10-24(11-9-23)31(3)40-18-19-41-31/h8-11,25-27,35H,7,12-22H2,1-6H3/t25-,26+,27-,30-,32+,33+/m0/s1. The van der Waals surface area contributed by atoms with Gasteiger partial charge in [-0.05, 0) is 75.3 Å². The van der Waals surface area contributed by atoms with Crippen molar-refractivity contribution in [3.8, 4) is 0 Å². The fraction of sp³-hybridized carbons (Fsp3) is 0.765. The van der Waals surface area contributed by atoms with Crippen LogP contribution >= 0.6 is 0 Å². The first-order valence-electron chi connectivity index (χ1n) is 15.7. The summed E-state index contributed by atoms with van der Waals surface area (Å²) in [6.07, 6.45) is 6.80. The van der Waals surface area contributed by atoms with E-state index in [0.29, 0.717) is 44.7 Å². The third kappa shape index (κ3) is 4.49. The molecule has 1 aliphatic heterocycles. The largest absolute Gasteiger partial charge is 0.385 e. The van der Waals surface area contributed by atoms with E-state index in [-0.39, 0.29) is 16.9 Å². The van der Waals surface area contributed by atoms with Crippen LogP contribution in [0.5, 0.6) is 0 Å². The van der Waals surface area contributed by atoms with Crippen molar-refractivity contribution in [3.63, 3.8) is 0 Å². The molecule has 5 aliphatic rings. The van der Waals surface area contributed by atoms with Crippen LogP contribution in [0.15, 0.2) is 35.4 Å².